The van der Waals surface area contributed by atoms with E-state index >= 15 is 0 Å². The van der Waals surface area contributed by atoms with Gasteiger partial charge in [0.25, 0.3) is 5.69 Å². The quantitative estimate of drug-likeness (QED) is 0.486. The van der Waals surface area contributed by atoms with Crippen LogP contribution < -0.4 is 5.32 Å². The Morgan fingerprint density at radius 1 is 1.37 bits per heavy atom. The third-order valence-electron chi connectivity index (χ3n) is 3.44. The van der Waals surface area contributed by atoms with Crippen LogP contribution in [0.5, 0.6) is 0 Å². The zero-order valence-electron chi connectivity index (χ0n) is 11.0. The van der Waals surface area contributed by atoms with Crippen LogP contribution in [0.15, 0.2) is 24.3 Å². The third kappa shape index (κ3) is 4.29. The average Bonchev–Trinajstić information content (AvgIpc) is 2.45. The van der Waals surface area contributed by atoms with Gasteiger partial charge in [0.2, 0.25) is 0 Å². The van der Waals surface area contributed by atoms with Crippen molar-refractivity contribution in [3.63, 3.8) is 0 Å². The molecule has 104 valence electrons. The first kappa shape index (κ1) is 14.0. The van der Waals surface area contributed by atoms with Gasteiger partial charge in [0.05, 0.1) is 18.1 Å². The number of hydrogen-bond donors (Lipinski definition) is 1. The summed E-state index contributed by atoms with van der Waals surface area (Å²) in [7, 11) is 0. The van der Waals surface area contributed by atoms with Gasteiger partial charge in [-0.15, -0.1) is 0 Å². The molecular formula is C14H20N2O3. The van der Waals surface area contributed by atoms with E-state index in [4.69, 9.17) is 4.74 Å². The Balaban J connectivity index is 1.74. The van der Waals surface area contributed by atoms with Crippen LogP contribution in [-0.4, -0.2) is 30.7 Å². The Labute approximate surface area is 113 Å². The van der Waals surface area contributed by atoms with E-state index in [9.17, 15) is 10.1 Å². The number of nitrogens with zero attached hydrogens (tertiary/aromatic N) is 1. The highest BCUT2D eigenvalue weighted by Crippen LogP contribution is 2.18. The molecule has 0 aliphatic carbocycles. The number of nitrogens with one attached hydrogen (secondary N) is 1. The Hall–Kier alpha value is -1.46. The van der Waals surface area contributed by atoms with Crippen LogP contribution in [0, 0.1) is 10.1 Å². The highest BCUT2D eigenvalue weighted by atomic mass is 16.6. The van der Waals surface area contributed by atoms with Gasteiger partial charge in [-0.3, -0.25) is 10.1 Å². The van der Waals surface area contributed by atoms with Gasteiger partial charge in [0, 0.05) is 24.1 Å². The Bertz CT molecular complexity index is 417. The van der Waals surface area contributed by atoms with Gasteiger partial charge >= 0.3 is 0 Å². The number of rotatable bonds is 6. The maximum atomic E-state index is 10.9. The van der Waals surface area contributed by atoms with E-state index in [1.165, 1.54) is 18.9 Å². The highest BCUT2D eigenvalue weighted by Gasteiger charge is 2.14. The lowest BCUT2D eigenvalue weighted by molar-refractivity contribution is -0.385. The minimum Gasteiger partial charge on any atom is -0.379 e. The lowest BCUT2D eigenvalue weighted by atomic mass is 10.1. The predicted molar refractivity (Wildman–Crippen MR) is 73.3 cm³/mol. The summed E-state index contributed by atoms with van der Waals surface area (Å²) < 4.78 is 5.63. The zero-order chi connectivity index (χ0) is 13.5. The van der Waals surface area contributed by atoms with E-state index < -0.39 is 0 Å². The fourth-order valence-corrected chi connectivity index (χ4v) is 2.37. The molecule has 1 atom stereocenters. The molecule has 0 bridgehead atoms. The Morgan fingerprint density at radius 3 is 2.95 bits per heavy atom. The number of benzene rings is 1. The summed E-state index contributed by atoms with van der Waals surface area (Å²) in [6.07, 6.45) is 4.24. The van der Waals surface area contributed by atoms with Crippen LogP contribution in [0.1, 0.15) is 24.8 Å². The molecule has 0 spiro atoms. The van der Waals surface area contributed by atoms with Gasteiger partial charge in [-0.2, -0.15) is 0 Å². The van der Waals surface area contributed by atoms with Gasteiger partial charge < -0.3 is 10.1 Å². The highest BCUT2D eigenvalue weighted by molar-refractivity contribution is 5.39. The smallest absolute Gasteiger partial charge is 0.272 e. The molecule has 0 aromatic heterocycles. The second-order valence-electron chi connectivity index (χ2n) is 4.86. The molecule has 1 unspecified atom stereocenters. The number of piperidine rings is 1. The van der Waals surface area contributed by atoms with Crippen molar-refractivity contribution in [3.05, 3.63) is 39.9 Å². The van der Waals surface area contributed by atoms with Crippen molar-refractivity contribution in [2.45, 2.75) is 31.7 Å². The monoisotopic (exact) mass is 264 g/mol. The van der Waals surface area contributed by atoms with Crippen molar-refractivity contribution >= 4 is 5.69 Å². The van der Waals surface area contributed by atoms with E-state index in [1.807, 2.05) is 6.07 Å². The Morgan fingerprint density at radius 2 is 2.21 bits per heavy atom. The standard InChI is InChI=1S/C14H20N2O3/c17-16(18)14-7-2-1-5-12(14)8-10-19-11-13-6-3-4-9-15-13/h1-2,5,7,13,15H,3-4,6,8-11H2. The largest absolute Gasteiger partial charge is 0.379 e. The molecule has 1 N–H and O–H groups in total. The maximum absolute atomic E-state index is 10.9. The molecule has 0 radical (unpaired) electrons. The van der Waals surface area contributed by atoms with Crippen molar-refractivity contribution < 1.29 is 9.66 Å². The van der Waals surface area contributed by atoms with Crippen LogP contribution >= 0.6 is 0 Å². The summed E-state index contributed by atoms with van der Waals surface area (Å²) in [6, 6.07) is 7.29. The second kappa shape index (κ2) is 7.21. The first-order valence-electron chi connectivity index (χ1n) is 6.81. The second-order valence-corrected chi connectivity index (χ2v) is 4.86. The van der Waals surface area contributed by atoms with Crippen molar-refractivity contribution in [1.82, 2.24) is 5.32 Å². The fourth-order valence-electron chi connectivity index (χ4n) is 2.37. The predicted octanol–water partition coefficient (Wildman–Crippen LogP) is 2.30. The topological polar surface area (TPSA) is 64.4 Å². The van der Waals surface area contributed by atoms with Crippen molar-refractivity contribution in [2.24, 2.45) is 0 Å². The first-order valence-corrected chi connectivity index (χ1v) is 6.81. The van der Waals surface area contributed by atoms with E-state index in [0.29, 0.717) is 25.7 Å². The van der Waals surface area contributed by atoms with E-state index in [0.717, 1.165) is 18.5 Å². The van der Waals surface area contributed by atoms with Gasteiger partial charge in [-0.1, -0.05) is 24.6 Å². The van der Waals surface area contributed by atoms with E-state index in [1.54, 1.807) is 12.1 Å². The number of nitro benzene ring substituents is 1. The normalized spacial score (nSPS) is 19.3. The number of ether oxygens (including phenoxy) is 1. The van der Waals surface area contributed by atoms with Gasteiger partial charge in [0.1, 0.15) is 0 Å². The maximum Gasteiger partial charge on any atom is 0.272 e. The Kier molecular flexibility index (Phi) is 5.30. The van der Waals surface area contributed by atoms with Gasteiger partial charge in [0.15, 0.2) is 0 Å². The molecule has 1 aromatic rings. The molecule has 1 fully saturated rings. The minimum absolute atomic E-state index is 0.182. The molecule has 1 aliphatic rings. The molecule has 5 nitrogen and oxygen atoms in total. The lowest BCUT2D eigenvalue weighted by Gasteiger charge is -2.23. The molecule has 2 rings (SSSR count). The van der Waals surface area contributed by atoms with E-state index in [-0.39, 0.29) is 10.6 Å². The van der Waals surface area contributed by atoms with Crippen LogP contribution in [0.25, 0.3) is 0 Å². The summed E-state index contributed by atoms with van der Waals surface area (Å²) in [5.41, 5.74) is 0.922. The summed E-state index contributed by atoms with van der Waals surface area (Å²) >= 11 is 0. The fraction of sp³-hybridized carbons (Fsp3) is 0.571. The summed E-state index contributed by atoms with van der Waals surface area (Å²) in [6.45, 7) is 2.29. The number of hydrogen-bond acceptors (Lipinski definition) is 4. The van der Waals surface area contributed by atoms with Crippen LogP contribution in [0.3, 0.4) is 0 Å². The molecule has 0 saturated carbocycles. The van der Waals surface area contributed by atoms with Crippen LogP contribution in [0.4, 0.5) is 5.69 Å². The number of para-hydroxylation sites is 1. The summed E-state index contributed by atoms with van der Waals surface area (Å²) in [5, 5.41) is 14.3. The lowest BCUT2D eigenvalue weighted by Crippen LogP contribution is -2.37. The van der Waals surface area contributed by atoms with Crippen LogP contribution in [-0.2, 0) is 11.2 Å². The molecule has 19 heavy (non-hydrogen) atoms. The van der Waals surface area contributed by atoms with Gasteiger partial charge in [-0.05, 0) is 19.4 Å². The zero-order valence-corrected chi connectivity index (χ0v) is 11.0. The number of nitro groups is 1. The molecule has 1 aromatic carbocycles. The van der Waals surface area contributed by atoms with E-state index in [2.05, 4.69) is 5.32 Å². The molecule has 1 aliphatic heterocycles. The first-order chi connectivity index (χ1) is 9.27. The molecule has 5 heteroatoms. The third-order valence-corrected chi connectivity index (χ3v) is 3.44. The summed E-state index contributed by atoms with van der Waals surface area (Å²) in [5.74, 6) is 0. The van der Waals surface area contributed by atoms with Gasteiger partial charge in [-0.25, -0.2) is 0 Å². The average molecular weight is 264 g/mol. The van der Waals surface area contributed by atoms with Crippen LogP contribution in [0.2, 0.25) is 0 Å². The molecule has 1 heterocycles. The minimum atomic E-state index is -0.335. The van der Waals surface area contributed by atoms with Crippen molar-refractivity contribution in [3.8, 4) is 0 Å². The molecule has 1 saturated heterocycles. The molecule has 0 amide bonds. The SMILES string of the molecule is O=[N+]([O-])c1ccccc1CCOCC1CCCCN1. The summed E-state index contributed by atoms with van der Waals surface area (Å²) in [4.78, 5) is 10.5. The molecular weight excluding hydrogens is 244 g/mol. The van der Waals surface area contributed by atoms with Crippen molar-refractivity contribution in [1.29, 1.82) is 0 Å². The van der Waals surface area contributed by atoms with Crippen molar-refractivity contribution in [2.75, 3.05) is 19.8 Å².